The fourth-order valence-corrected chi connectivity index (χ4v) is 4.15. The van der Waals surface area contributed by atoms with Crippen LogP contribution >= 0.6 is 0 Å². The fourth-order valence-electron chi connectivity index (χ4n) is 3.04. The number of nitrogens with zero attached hydrogens (tertiary/aromatic N) is 1. The van der Waals surface area contributed by atoms with Crippen LogP contribution in [0.5, 0.6) is 0 Å². The molecule has 0 aliphatic heterocycles. The first-order chi connectivity index (χ1) is 15.3. The second-order valence-electron chi connectivity index (χ2n) is 6.79. The summed E-state index contributed by atoms with van der Waals surface area (Å²) < 4.78 is 33.1. The van der Waals surface area contributed by atoms with Crippen LogP contribution in [-0.4, -0.2) is 26.4 Å². The van der Waals surface area contributed by atoms with Crippen molar-refractivity contribution in [1.82, 2.24) is 5.32 Å². The van der Waals surface area contributed by atoms with Gasteiger partial charge >= 0.3 is 0 Å². The number of hydrogen-bond donors (Lipinski definition) is 2. The van der Waals surface area contributed by atoms with Crippen molar-refractivity contribution in [3.05, 3.63) is 99.6 Å². The summed E-state index contributed by atoms with van der Waals surface area (Å²) in [5.74, 6) is -0.477. The zero-order valence-corrected chi connectivity index (χ0v) is 18.0. The molecule has 0 aliphatic rings. The molecule has 0 fully saturated rings. The second kappa shape index (κ2) is 10.0. The first-order valence-electron chi connectivity index (χ1n) is 9.52. The Kier molecular flexibility index (Phi) is 7.18. The number of carbonyl (C=O) groups excluding carboxylic acids is 1. The zero-order chi connectivity index (χ0) is 23.1. The number of nitrogens with one attached hydrogen (secondary N) is 2. The molecule has 0 unspecified atom stereocenters. The molecule has 0 aliphatic carbocycles. The van der Waals surface area contributed by atoms with E-state index in [4.69, 9.17) is 4.74 Å². The largest absolute Gasteiger partial charge is 0.380 e. The number of sulfonamides is 1. The number of para-hydroxylation sites is 1. The molecule has 0 spiro atoms. The third kappa shape index (κ3) is 5.48. The minimum Gasteiger partial charge on any atom is -0.380 e. The second-order valence-corrected chi connectivity index (χ2v) is 8.47. The van der Waals surface area contributed by atoms with E-state index in [1.807, 2.05) is 24.3 Å². The van der Waals surface area contributed by atoms with E-state index in [0.29, 0.717) is 6.61 Å². The van der Waals surface area contributed by atoms with Gasteiger partial charge < -0.3 is 10.1 Å². The number of nitro groups is 1. The number of anilines is 1. The summed E-state index contributed by atoms with van der Waals surface area (Å²) in [5, 5.41) is 13.8. The summed E-state index contributed by atoms with van der Waals surface area (Å²) in [4.78, 5) is 22.8. The quantitative estimate of drug-likeness (QED) is 0.376. The summed E-state index contributed by atoms with van der Waals surface area (Å²) in [7, 11) is -2.58. The summed E-state index contributed by atoms with van der Waals surface area (Å²) >= 11 is 0. The Morgan fingerprint density at radius 1 is 1.00 bits per heavy atom. The Morgan fingerprint density at radius 3 is 2.41 bits per heavy atom. The number of non-ortho nitro benzene ring substituents is 1. The van der Waals surface area contributed by atoms with E-state index in [9.17, 15) is 23.3 Å². The van der Waals surface area contributed by atoms with Crippen molar-refractivity contribution in [2.75, 3.05) is 11.8 Å². The number of carbonyl (C=O) groups is 1. The molecule has 0 bridgehead atoms. The van der Waals surface area contributed by atoms with Gasteiger partial charge in [-0.2, -0.15) is 0 Å². The predicted molar refractivity (Wildman–Crippen MR) is 119 cm³/mol. The molecule has 1 amide bonds. The number of benzene rings is 3. The van der Waals surface area contributed by atoms with Gasteiger partial charge in [0, 0.05) is 25.8 Å². The molecule has 166 valence electrons. The summed E-state index contributed by atoms with van der Waals surface area (Å²) in [6.07, 6.45) is 0. The number of hydrogen-bond acceptors (Lipinski definition) is 6. The SMILES string of the molecule is COCc1ccccc1CNC(=O)c1ccccc1NS(=O)(=O)c1cccc([N+](=O)[O-])c1. The summed E-state index contributed by atoms with van der Waals surface area (Å²) in [6.45, 7) is 0.621. The Bertz CT molecular complexity index is 1240. The van der Waals surface area contributed by atoms with Crippen molar-refractivity contribution in [3.8, 4) is 0 Å². The van der Waals surface area contributed by atoms with Crippen LogP contribution < -0.4 is 10.0 Å². The van der Waals surface area contributed by atoms with Crippen LogP contribution in [0.15, 0.2) is 77.7 Å². The number of nitro benzene ring substituents is 1. The molecule has 3 aromatic carbocycles. The predicted octanol–water partition coefficient (Wildman–Crippen LogP) is 3.47. The molecule has 9 nitrogen and oxygen atoms in total. The van der Waals surface area contributed by atoms with Crippen LogP contribution in [0.25, 0.3) is 0 Å². The lowest BCUT2D eigenvalue weighted by atomic mass is 10.1. The lowest BCUT2D eigenvalue weighted by molar-refractivity contribution is -0.385. The van der Waals surface area contributed by atoms with Gasteiger partial charge in [0.1, 0.15) is 0 Å². The van der Waals surface area contributed by atoms with Crippen LogP contribution in [0, 0.1) is 10.1 Å². The van der Waals surface area contributed by atoms with E-state index in [0.717, 1.165) is 17.2 Å². The van der Waals surface area contributed by atoms with Gasteiger partial charge in [0.2, 0.25) is 0 Å². The number of amides is 1. The normalized spacial score (nSPS) is 11.0. The molecule has 32 heavy (non-hydrogen) atoms. The highest BCUT2D eigenvalue weighted by Gasteiger charge is 2.21. The lowest BCUT2D eigenvalue weighted by Crippen LogP contribution is -2.25. The van der Waals surface area contributed by atoms with Crippen LogP contribution in [0.3, 0.4) is 0 Å². The first kappa shape index (κ1) is 22.9. The highest BCUT2D eigenvalue weighted by Crippen LogP contribution is 2.23. The Morgan fingerprint density at radius 2 is 1.69 bits per heavy atom. The standard InChI is InChI=1S/C22H21N3O6S/c1-31-15-17-8-3-2-7-16(17)14-23-22(26)20-11-4-5-12-21(20)24-32(29,30)19-10-6-9-18(13-19)25(27)28/h2-13,24H,14-15H2,1H3,(H,23,26). The maximum absolute atomic E-state index is 12.8. The van der Waals surface area contributed by atoms with Crippen molar-refractivity contribution in [2.45, 2.75) is 18.0 Å². The van der Waals surface area contributed by atoms with Gasteiger partial charge in [-0.25, -0.2) is 8.42 Å². The monoisotopic (exact) mass is 455 g/mol. The minimum absolute atomic E-state index is 0.0571. The Labute approximate surface area is 185 Å². The van der Waals surface area contributed by atoms with E-state index in [1.165, 1.54) is 30.3 Å². The van der Waals surface area contributed by atoms with E-state index >= 15 is 0 Å². The molecule has 0 aromatic heterocycles. The van der Waals surface area contributed by atoms with Crippen LogP contribution in [0.2, 0.25) is 0 Å². The maximum atomic E-state index is 12.8. The average molecular weight is 455 g/mol. The molecule has 3 rings (SSSR count). The third-order valence-corrected chi connectivity index (χ3v) is 5.98. The Balaban J connectivity index is 1.81. The highest BCUT2D eigenvalue weighted by atomic mass is 32.2. The molecule has 0 atom stereocenters. The van der Waals surface area contributed by atoms with Gasteiger partial charge in [-0.1, -0.05) is 42.5 Å². The lowest BCUT2D eigenvalue weighted by Gasteiger charge is -2.14. The number of rotatable bonds is 9. The molecule has 3 aromatic rings. The molecule has 10 heteroatoms. The van der Waals surface area contributed by atoms with E-state index in [1.54, 1.807) is 19.2 Å². The maximum Gasteiger partial charge on any atom is 0.270 e. The smallest absolute Gasteiger partial charge is 0.270 e. The van der Waals surface area contributed by atoms with E-state index in [-0.39, 0.29) is 28.4 Å². The zero-order valence-electron chi connectivity index (χ0n) is 17.1. The van der Waals surface area contributed by atoms with Crippen molar-refractivity contribution in [1.29, 1.82) is 0 Å². The van der Waals surface area contributed by atoms with Gasteiger partial charge in [0.05, 0.1) is 27.7 Å². The van der Waals surface area contributed by atoms with Gasteiger partial charge in [-0.05, 0) is 29.3 Å². The molecular weight excluding hydrogens is 434 g/mol. The van der Waals surface area contributed by atoms with E-state index < -0.39 is 20.9 Å². The van der Waals surface area contributed by atoms with Crippen LogP contribution in [0.4, 0.5) is 11.4 Å². The van der Waals surface area contributed by atoms with Gasteiger partial charge in [0.15, 0.2) is 0 Å². The molecule has 0 saturated heterocycles. The topological polar surface area (TPSA) is 128 Å². The number of methoxy groups -OCH3 is 1. The Hall–Kier alpha value is -3.76. The van der Waals surface area contributed by atoms with E-state index in [2.05, 4.69) is 10.0 Å². The van der Waals surface area contributed by atoms with Crippen molar-refractivity contribution in [2.24, 2.45) is 0 Å². The molecule has 0 radical (unpaired) electrons. The molecule has 0 saturated carbocycles. The van der Waals surface area contributed by atoms with Crippen LogP contribution in [0.1, 0.15) is 21.5 Å². The van der Waals surface area contributed by atoms with Gasteiger partial charge in [0.25, 0.3) is 21.6 Å². The summed E-state index contributed by atoms with van der Waals surface area (Å²) in [5.41, 5.74) is 1.62. The number of ether oxygens (including phenoxy) is 1. The van der Waals surface area contributed by atoms with Crippen LogP contribution in [-0.2, 0) is 27.9 Å². The molecular formula is C22H21N3O6S. The van der Waals surface area contributed by atoms with Gasteiger partial charge in [-0.3, -0.25) is 19.6 Å². The van der Waals surface area contributed by atoms with Crippen molar-refractivity contribution >= 4 is 27.3 Å². The van der Waals surface area contributed by atoms with Crippen molar-refractivity contribution < 1.29 is 22.9 Å². The minimum atomic E-state index is -4.16. The average Bonchev–Trinajstić information content (AvgIpc) is 2.78. The third-order valence-electron chi connectivity index (χ3n) is 4.61. The fraction of sp³-hybridized carbons (Fsp3) is 0.136. The molecule has 0 heterocycles. The highest BCUT2D eigenvalue weighted by molar-refractivity contribution is 7.92. The summed E-state index contributed by atoms with van der Waals surface area (Å²) in [6, 6.07) is 18.3. The molecule has 2 N–H and O–H groups in total. The van der Waals surface area contributed by atoms with Crippen molar-refractivity contribution in [3.63, 3.8) is 0 Å². The van der Waals surface area contributed by atoms with Gasteiger partial charge in [-0.15, -0.1) is 0 Å². The first-order valence-corrected chi connectivity index (χ1v) is 11.0.